The highest BCUT2D eigenvalue weighted by Crippen LogP contribution is 2.25. The van der Waals surface area contributed by atoms with Crippen molar-refractivity contribution in [1.82, 2.24) is 5.32 Å². The molecule has 1 unspecified atom stereocenters. The summed E-state index contributed by atoms with van der Waals surface area (Å²) < 4.78 is 0. The maximum atomic E-state index is 13.1. The van der Waals surface area contributed by atoms with Gasteiger partial charge < -0.3 is 16.8 Å². The lowest BCUT2D eigenvalue weighted by atomic mass is 9.94. The Balaban J connectivity index is 1.95. The Morgan fingerprint density at radius 2 is 1.47 bits per heavy atom. The molecule has 0 aromatic heterocycles. The number of ketones is 1. The highest BCUT2D eigenvalue weighted by molar-refractivity contribution is 7.98. The molecule has 5 N–H and O–H groups in total. The first-order chi connectivity index (χ1) is 15.3. The van der Waals surface area contributed by atoms with Gasteiger partial charge in [0.1, 0.15) is 0 Å². The van der Waals surface area contributed by atoms with Crippen molar-refractivity contribution in [1.29, 1.82) is 0 Å². The molecular weight excluding hydrogens is 438 g/mol. The average molecular weight is 474 g/mol. The standard InChI is InChI=1S/C25H35N3O2S2/c1-25(2,18-32-16-20-11-7-4-8-12-20)24(30)28-22(23(29)21(27)13-14-26)17-31-15-19-9-5-3-6-10-19/h3-12,21-22H,13-18,26-27H2,1-2H3,(H,28,30)/t21?,22-/m0/s1. The fourth-order valence-electron chi connectivity index (χ4n) is 3.06. The van der Waals surface area contributed by atoms with E-state index in [1.54, 1.807) is 23.5 Å². The number of carbonyl (C=O) groups is 2. The summed E-state index contributed by atoms with van der Waals surface area (Å²) in [5.41, 5.74) is 13.4. The second kappa shape index (κ2) is 13.7. The van der Waals surface area contributed by atoms with Crippen LogP contribution in [0.1, 0.15) is 31.4 Å². The molecule has 2 aromatic rings. The van der Waals surface area contributed by atoms with Crippen LogP contribution >= 0.6 is 23.5 Å². The van der Waals surface area contributed by atoms with Gasteiger partial charge in [0.15, 0.2) is 5.78 Å². The molecule has 2 atom stereocenters. The first-order valence-electron chi connectivity index (χ1n) is 10.9. The molecule has 0 heterocycles. The van der Waals surface area contributed by atoms with Crippen molar-refractivity contribution in [3.05, 3.63) is 71.8 Å². The summed E-state index contributed by atoms with van der Waals surface area (Å²) in [7, 11) is 0. The van der Waals surface area contributed by atoms with Gasteiger partial charge in [0.25, 0.3) is 0 Å². The highest BCUT2D eigenvalue weighted by atomic mass is 32.2. The molecule has 0 saturated carbocycles. The van der Waals surface area contributed by atoms with Gasteiger partial charge in [0, 0.05) is 23.0 Å². The third kappa shape index (κ3) is 8.98. The molecule has 32 heavy (non-hydrogen) atoms. The summed E-state index contributed by atoms with van der Waals surface area (Å²) in [6.45, 7) is 4.17. The summed E-state index contributed by atoms with van der Waals surface area (Å²) in [5.74, 6) is 2.46. The van der Waals surface area contributed by atoms with Crippen molar-refractivity contribution < 1.29 is 9.59 Å². The normalized spacial score (nSPS) is 13.4. The van der Waals surface area contributed by atoms with E-state index >= 15 is 0 Å². The topological polar surface area (TPSA) is 98.2 Å². The van der Waals surface area contributed by atoms with Crippen LogP contribution in [0.5, 0.6) is 0 Å². The van der Waals surface area contributed by atoms with Crippen molar-refractivity contribution in [2.45, 2.75) is 43.9 Å². The Kier molecular flexibility index (Phi) is 11.3. The van der Waals surface area contributed by atoms with Crippen molar-refractivity contribution in [2.75, 3.05) is 18.1 Å². The second-order valence-corrected chi connectivity index (χ2v) is 10.5. The first-order valence-corrected chi connectivity index (χ1v) is 13.2. The van der Waals surface area contributed by atoms with Crippen LogP contribution in [0.2, 0.25) is 0 Å². The zero-order valence-electron chi connectivity index (χ0n) is 19.0. The molecule has 0 radical (unpaired) electrons. The Morgan fingerprint density at radius 1 is 0.938 bits per heavy atom. The fraction of sp³-hybridized carbons (Fsp3) is 0.440. The largest absolute Gasteiger partial charge is 0.345 e. The summed E-state index contributed by atoms with van der Waals surface area (Å²) in [5, 5.41) is 2.99. The van der Waals surface area contributed by atoms with E-state index in [1.807, 2.05) is 50.2 Å². The molecule has 0 bridgehead atoms. The van der Waals surface area contributed by atoms with Gasteiger partial charge in [0.05, 0.1) is 17.5 Å². The quantitative estimate of drug-likeness (QED) is 0.388. The van der Waals surface area contributed by atoms with E-state index in [1.165, 1.54) is 11.1 Å². The van der Waals surface area contributed by atoms with Gasteiger partial charge in [-0.3, -0.25) is 9.59 Å². The van der Waals surface area contributed by atoms with Crippen molar-refractivity contribution >= 4 is 35.2 Å². The van der Waals surface area contributed by atoms with Crippen LogP contribution in [0.3, 0.4) is 0 Å². The Labute approximate surface area is 200 Å². The van der Waals surface area contributed by atoms with E-state index in [2.05, 4.69) is 29.6 Å². The number of nitrogens with one attached hydrogen (secondary N) is 1. The smallest absolute Gasteiger partial charge is 0.227 e. The molecule has 0 spiro atoms. The number of thioether (sulfide) groups is 2. The average Bonchev–Trinajstić information content (AvgIpc) is 2.79. The summed E-state index contributed by atoms with van der Waals surface area (Å²) in [4.78, 5) is 26.0. The number of hydrogen-bond acceptors (Lipinski definition) is 6. The SMILES string of the molecule is CC(C)(CSCc1ccccc1)C(=O)N[C@@H](CSCc1ccccc1)C(=O)C(N)CCN. The molecule has 2 rings (SSSR count). The Morgan fingerprint density at radius 3 is 2.00 bits per heavy atom. The van der Waals surface area contributed by atoms with Gasteiger partial charge in [-0.05, 0) is 24.1 Å². The van der Waals surface area contributed by atoms with E-state index in [0.29, 0.717) is 24.5 Å². The highest BCUT2D eigenvalue weighted by Gasteiger charge is 2.32. The van der Waals surface area contributed by atoms with Gasteiger partial charge in [0.2, 0.25) is 5.91 Å². The predicted molar refractivity (Wildman–Crippen MR) is 138 cm³/mol. The summed E-state index contributed by atoms with van der Waals surface area (Å²) in [6, 6.07) is 19.0. The predicted octanol–water partition coefficient (Wildman–Crippen LogP) is 3.61. The van der Waals surface area contributed by atoms with Crippen LogP contribution in [-0.2, 0) is 21.1 Å². The number of benzene rings is 2. The summed E-state index contributed by atoms with van der Waals surface area (Å²) >= 11 is 3.33. The van der Waals surface area contributed by atoms with Crippen molar-refractivity contribution in [3.8, 4) is 0 Å². The Bertz CT molecular complexity index is 832. The van der Waals surface area contributed by atoms with Crippen LogP contribution in [-0.4, -0.2) is 41.8 Å². The number of Topliss-reactive ketones (excluding diaryl/α,β-unsaturated/α-hetero) is 1. The lowest BCUT2D eigenvalue weighted by Gasteiger charge is -2.28. The lowest BCUT2D eigenvalue weighted by molar-refractivity contribution is -0.132. The molecule has 174 valence electrons. The van der Waals surface area contributed by atoms with Gasteiger partial charge in [-0.2, -0.15) is 23.5 Å². The van der Waals surface area contributed by atoms with Crippen LogP contribution < -0.4 is 16.8 Å². The summed E-state index contributed by atoms with van der Waals surface area (Å²) in [6.07, 6.45) is 0.408. The number of amides is 1. The second-order valence-electron chi connectivity index (χ2n) is 8.48. The monoisotopic (exact) mass is 473 g/mol. The van der Waals surface area contributed by atoms with E-state index in [9.17, 15) is 9.59 Å². The van der Waals surface area contributed by atoms with Crippen LogP contribution in [0.4, 0.5) is 0 Å². The first kappa shape index (κ1) is 26.5. The third-order valence-corrected chi connectivity index (χ3v) is 7.65. The maximum Gasteiger partial charge on any atom is 0.227 e. The molecule has 0 aliphatic rings. The minimum atomic E-state index is -0.668. The molecule has 0 fully saturated rings. The van der Waals surface area contributed by atoms with Crippen LogP contribution in [0.15, 0.2) is 60.7 Å². The van der Waals surface area contributed by atoms with E-state index in [4.69, 9.17) is 11.5 Å². The zero-order chi connectivity index (χ0) is 23.4. The maximum absolute atomic E-state index is 13.1. The molecule has 0 aliphatic heterocycles. The molecule has 0 aliphatic carbocycles. The van der Waals surface area contributed by atoms with Gasteiger partial charge in [-0.15, -0.1) is 0 Å². The number of carbonyl (C=O) groups excluding carboxylic acids is 2. The molecule has 1 amide bonds. The van der Waals surface area contributed by atoms with Gasteiger partial charge in [-0.25, -0.2) is 0 Å². The van der Waals surface area contributed by atoms with Gasteiger partial charge >= 0.3 is 0 Å². The molecule has 7 heteroatoms. The van der Waals surface area contributed by atoms with E-state index in [0.717, 1.165) is 11.5 Å². The van der Waals surface area contributed by atoms with Crippen molar-refractivity contribution in [2.24, 2.45) is 16.9 Å². The van der Waals surface area contributed by atoms with E-state index in [-0.39, 0.29) is 11.7 Å². The number of nitrogens with two attached hydrogens (primary N) is 2. The van der Waals surface area contributed by atoms with E-state index < -0.39 is 17.5 Å². The molecular formula is C25H35N3O2S2. The number of rotatable bonds is 14. The van der Waals surface area contributed by atoms with Crippen LogP contribution in [0.25, 0.3) is 0 Å². The zero-order valence-corrected chi connectivity index (χ0v) is 20.6. The molecule has 2 aromatic carbocycles. The van der Waals surface area contributed by atoms with Crippen molar-refractivity contribution in [3.63, 3.8) is 0 Å². The third-order valence-electron chi connectivity index (χ3n) is 5.08. The minimum Gasteiger partial charge on any atom is -0.345 e. The molecule has 5 nitrogen and oxygen atoms in total. The molecule has 0 saturated heterocycles. The van der Waals surface area contributed by atoms with Crippen LogP contribution in [0, 0.1) is 5.41 Å². The lowest BCUT2D eigenvalue weighted by Crippen LogP contribution is -2.53. The fourth-order valence-corrected chi connectivity index (χ4v) is 5.26. The number of hydrogen-bond donors (Lipinski definition) is 3. The minimum absolute atomic E-state index is 0.128. The van der Waals surface area contributed by atoms with Gasteiger partial charge in [-0.1, -0.05) is 74.5 Å². The Hall–Kier alpha value is -1.80.